The normalized spacial score (nSPS) is 14.9. The van der Waals surface area contributed by atoms with Crippen LogP contribution in [0.3, 0.4) is 0 Å². The number of rotatable bonds is 7. The van der Waals surface area contributed by atoms with Gasteiger partial charge in [-0.05, 0) is 30.0 Å². The van der Waals surface area contributed by atoms with Crippen molar-refractivity contribution >= 4 is 0 Å². The molecule has 0 spiro atoms. The highest BCUT2D eigenvalue weighted by molar-refractivity contribution is 5.27. The van der Waals surface area contributed by atoms with Gasteiger partial charge in [-0.2, -0.15) is 0 Å². The lowest BCUT2D eigenvalue weighted by Gasteiger charge is -2.29. The molecule has 0 heterocycles. The average molecular weight is 262 g/mol. The monoisotopic (exact) mass is 262 g/mol. The number of likely N-dealkylation sites (N-methyl/N-ethyl adjacent to an activating group) is 1. The summed E-state index contributed by atoms with van der Waals surface area (Å²) in [5.41, 5.74) is 8.70. The molecule has 0 aliphatic carbocycles. The predicted molar refractivity (Wildman–Crippen MR) is 84.4 cm³/mol. The van der Waals surface area contributed by atoms with Crippen LogP contribution in [0.25, 0.3) is 0 Å². The fraction of sp³-hybridized carbons (Fsp3) is 0.647. The molecule has 1 rings (SSSR count). The molecule has 19 heavy (non-hydrogen) atoms. The largest absolute Gasteiger partial charge is 0.329 e. The Morgan fingerprint density at radius 2 is 1.58 bits per heavy atom. The van der Waals surface area contributed by atoms with Crippen molar-refractivity contribution in [1.82, 2.24) is 4.90 Å². The fourth-order valence-electron chi connectivity index (χ4n) is 2.42. The van der Waals surface area contributed by atoms with Crippen molar-refractivity contribution in [3.05, 3.63) is 35.4 Å². The third-order valence-corrected chi connectivity index (χ3v) is 4.04. The van der Waals surface area contributed by atoms with E-state index in [2.05, 4.69) is 63.9 Å². The molecular formula is C17H30N2. The highest BCUT2D eigenvalue weighted by atomic mass is 15.1. The van der Waals surface area contributed by atoms with E-state index in [9.17, 15) is 0 Å². The lowest BCUT2D eigenvalue weighted by molar-refractivity contribution is 0.215. The maximum absolute atomic E-state index is 5.98. The fourth-order valence-corrected chi connectivity index (χ4v) is 2.42. The second-order valence-corrected chi connectivity index (χ2v) is 6.03. The Bertz CT molecular complexity index is 356. The molecule has 0 amide bonds. The second kappa shape index (κ2) is 7.66. The van der Waals surface area contributed by atoms with Gasteiger partial charge < -0.3 is 5.73 Å². The zero-order valence-electron chi connectivity index (χ0n) is 13.2. The molecule has 2 N–H and O–H groups in total. The Morgan fingerprint density at radius 1 is 1.05 bits per heavy atom. The molecule has 0 saturated heterocycles. The molecule has 0 fully saturated rings. The lowest BCUT2D eigenvalue weighted by atomic mass is 9.98. The highest BCUT2D eigenvalue weighted by Gasteiger charge is 2.17. The van der Waals surface area contributed by atoms with Gasteiger partial charge in [0, 0.05) is 19.1 Å². The van der Waals surface area contributed by atoms with Crippen LogP contribution in [0.2, 0.25) is 0 Å². The summed E-state index contributed by atoms with van der Waals surface area (Å²) in [4.78, 5) is 2.39. The van der Waals surface area contributed by atoms with Crippen LogP contribution in [0, 0.1) is 5.92 Å². The lowest BCUT2D eigenvalue weighted by Crippen LogP contribution is -2.33. The Balaban J connectivity index is 2.78. The van der Waals surface area contributed by atoms with E-state index < -0.39 is 0 Å². The number of nitrogens with zero attached hydrogens (tertiary/aromatic N) is 1. The van der Waals surface area contributed by atoms with Gasteiger partial charge in [-0.25, -0.2) is 0 Å². The van der Waals surface area contributed by atoms with Crippen molar-refractivity contribution in [2.45, 2.75) is 46.1 Å². The van der Waals surface area contributed by atoms with Crippen LogP contribution < -0.4 is 5.73 Å². The number of hydrogen-bond donors (Lipinski definition) is 1. The van der Waals surface area contributed by atoms with Crippen LogP contribution in [0.1, 0.15) is 57.2 Å². The molecule has 0 saturated carbocycles. The van der Waals surface area contributed by atoms with Crippen molar-refractivity contribution in [3.8, 4) is 0 Å². The van der Waals surface area contributed by atoms with Crippen LogP contribution in [0.15, 0.2) is 24.3 Å². The molecule has 0 radical (unpaired) electrons. The van der Waals surface area contributed by atoms with E-state index in [0.717, 1.165) is 6.54 Å². The predicted octanol–water partition coefficient (Wildman–Crippen LogP) is 3.79. The molecule has 0 bridgehead atoms. The van der Waals surface area contributed by atoms with Gasteiger partial charge in [0.25, 0.3) is 0 Å². The molecule has 108 valence electrons. The molecule has 2 nitrogen and oxygen atoms in total. The summed E-state index contributed by atoms with van der Waals surface area (Å²) in [5.74, 6) is 1.30. The van der Waals surface area contributed by atoms with E-state index in [0.29, 0.717) is 24.4 Å². The third kappa shape index (κ3) is 4.63. The first-order valence-corrected chi connectivity index (χ1v) is 7.49. The van der Waals surface area contributed by atoms with Gasteiger partial charge in [0.2, 0.25) is 0 Å². The Hall–Kier alpha value is -0.860. The van der Waals surface area contributed by atoms with Crippen LogP contribution >= 0.6 is 0 Å². The minimum Gasteiger partial charge on any atom is -0.329 e. The first-order chi connectivity index (χ1) is 8.99. The first-order valence-electron chi connectivity index (χ1n) is 7.49. The van der Waals surface area contributed by atoms with Gasteiger partial charge in [-0.1, -0.05) is 58.4 Å². The third-order valence-electron chi connectivity index (χ3n) is 4.04. The van der Waals surface area contributed by atoms with Crippen LogP contribution in [-0.4, -0.2) is 25.0 Å². The van der Waals surface area contributed by atoms with E-state index in [1.165, 1.54) is 17.5 Å². The average Bonchev–Trinajstić information content (AvgIpc) is 2.40. The van der Waals surface area contributed by atoms with Gasteiger partial charge in [0.15, 0.2) is 0 Å². The van der Waals surface area contributed by atoms with Gasteiger partial charge in [0.1, 0.15) is 0 Å². The summed E-state index contributed by atoms with van der Waals surface area (Å²) >= 11 is 0. The van der Waals surface area contributed by atoms with E-state index >= 15 is 0 Å². The summed E-state index contributed by atoms with van der Waals surface area (Å²) in [6, 6.07) is 9.27. The highest BCUT2D eigenvalue weighted by Crippen LogP contribution is 2.22. The van der Waals surface area contributed by atoms with Crippen LogP contribution in [0.4, 0.5) is 0 Å². The Labute approximate surface area is 119 Å². The Morgan fingerprint density at radius 3 is 2.00 bits per heavy atom. The standard InChI is InChI=1S/C17H30N2/c1-6-14(4)12-19(5)17(11-18)16-9-7-15(8-10-16)13(2)3/h7-10,13-14,17H,6,11-12,18H2,1-5H3. The van der Waals surface area contributed by atoms with Gasteiger partial charge in [0.05, 0.1) is 0 Å². The summed E-state index contributed by atoms with van der Waals surface area (Å²) in [7, 11) is 2.18. The SMILES string of the molecule is CCC(C)CN(C)C(CN)c1ccc(C(C)C)cc1. The van der Waals surface area contributed by atoms with Crippen LogP contribution in [-0.2, 0) is 0 Å². The molecule has 2 atom stereocenters. The molecule has 2 heteroatoms. The molecule has 1 aromatic carbocycles. The first kappa shape index (κ1) is 16.2. The van der Waals surface area contributed by atoms with Crippen molar-refractivity contribution in [1.29, 1.82) is 0 Å². The molecule has 2 unspecified atom stereocenters. The zero-order chi connectivity index (χ0) is 14.4. The minimum atomic E-state index is 0.329. The van der Waals surface area contributed by atoms with Crippen molar-refractivity contribution in [2.24, 2.45) is 11.7 Å². The second-order valence-electron chi connectivity index (χ2n) is 6.03. The maximum atomic E-state index is 5.98. The number of benzene rings is 1. The smallest absolute Gasteiger partial charge is 0.0467 e. The Kier molecular flexibility index (Phi) is 6.53. The molecule has 0 aliphatic heterocycles. The topological polar surface area (TPSA) is 29.3 Å². The molecule has 0 aromatic heterocycles. The molecule has 0 aliphatic rings. The summed E-state index contributed by atoms with van der Waals surface area (Å²) in [5, 5.41) is 0. The summed E-state index contributed by atoms with van der Waals surface area (Å²) in [6.45, 7) is 10.8. The van der Waals surface area contributed by atoms with Gasteiger partial charge in [-0.3, -0.25) is 4.90 Å². The van der Waals surface area contributed by atoms with Gasteiger partial charge >= 0.3 is 0 Å². The molecular weight excluding hydrogens is 232 g/mol. The zero-order valence-corrected chi connectivity index (χ0v) is 13.2. The van der Waals surface area contributed by atoms with Crippen molar-refractivity contribution in [2.75, 3.05) is 20.1 Å². The van der Waals surface area contributed by atoms with Crippen LogP contribution in [0.5, 0.6) is 0 Å². The minimum absolute atomic E-state index is 0.329. The van der Waals surface area contributed by atoms with E-state index in [4.69, 9.17) is 5.73 Å². The summed E-state index contributed by atoms with van der Waals surface area (Å²) in [6.07, 6.45) is 1.22. The number of hydrogen-bond acceptors (Lipinski definition) is 2. The maximum Gasteiger partial charge on any atom is 0.0467 e. The van der Waals surface area contributed by atoms with E-state index in [1.807, 2.05) is 0 Å². The quantitative estimate of drug-likeness (QED) is 0.810. The summed E-state index contributed by atoms with van der Waals surface area (Å²) < 4.78 is 0. The molecule has 1 aromatic rings. The van der Waals surface area contributed by atoms with E-state index in [1.54, 1.807) is 0 Å². The van der Waals surface area contributed by atoms with E-state index in [-0.39, 0.29) is 0 Å². The number of nitrogens with two attached hydrogens (primary N) is 1. The van der Waals surface area contributed by atoms with Crippen molar-refractivity contribution in [3.63, 3.8) is 0 Å². The van der Waals surface area contributed by atoms with Crippen molar-refractivity contribution < 1.29 is 0 Å². The van der Waals surface area contributed by atoms with Gasteiger partial charge in [-0.15, -0.1) is 0 Å².